The smallest absolute Gasteiger partial charge is 0.0699 e. The first kappa shape index (κ1) is 15.9. The summed E-state index contributed by atoms with van der Waals surface area (Å²) in [5.74, 6) is 0. The van der Waals surface area contributed by atoms with Crippen molar-refractivity contribution in [3.63, 3.8) is 0 Å². The van der Waals surface area contributed by atoms with Gasteiger partial charge in [-0.15, -0.1) is 0 Å². The zero-order chi connectivity index (χ0) is 12.4. The molecule has 0 rings (SSSR count). The first-order chi connectivity index (χ1) is 7.55. The Labute approximate surface area is 101 Å². The van der Waals surface area contributed by atoms with E-state index < -0.39 is 0 Å². The van der Waals surface area contributed by atoms with Gasteiger partial charge in [-0.25, -0.2) is 0 Å². The van der Waals surface area contributed by atoms with E-state index in [1.165, 1.54) is 6.42 Å². The predicted octanol–water partition coefficient (Wildman–Crippen LogP) is 2.60. The van der Waals surface area contributed by atoms with Gasteiger partial charge in [0.2, 0.25) is 0 Å². The van der Waals surface area contributed by atoms with E-state index in [2.05, 4.69) is 33.0 Å². The average Bonchev–Trinajstić information content (AvgIpc) is 2.25. The van der Waals surface area contributed by atoms with Crippen molar-refractivity contribution in [2.75, 3.05) is 26.8 Å². The third-order valence-electron chi connectivity index (χ3n) is 2.84. The fourth-order valence-electron chi connectivity index (χ4n) is 1.45. The van der Waals surface area contributed by atoms with Crippen LogP contribution in [0.2, 0.25) is 0 Å². The normalized spacial score (nSPS) is 14.1. The lowest BCUT2D eigenvalue weighted by molar-refractivity contribution is -0.0279. The van der Waals surface area contributed by atoms with Crippen LogP contribution in [0.3, 0.4) is 0 Å². The molecule has 1 atom stereocenters. The van der Waals surface area contributed by atoms with Crippen LogP contribution in [0.4, 0.5) is 0 Å². The largest absolute Gasteiger partial charge is 0.379 e. The molecule has 98 valence electrons. The minimum absolute atomic E-state index is 0.0745. The summed E-state index contributed by atoms with van der Waals surface area (Å²) < 4.78 is 11.2. The van der Waals surface area contributed by atoms with Gasteiger partial charge in [0.25, 0.3) is 0 Å². The van der Waals surface area contributed by atoms with E-state index >= 15 is 0 Å². The summed E-state index contributed by atoms with van der Waals surface area (Å²) in [7, 11) is 1.75. The fraction of sp³-hybridized carbons (Fsp3) is 1.00. The first-order valence-electron chi connectivity index (χ1n) is 6.43. The summed E-state index contributed by atoms with van der Waals surface area (Å²) in [5.41, 5.74) is -0.0745. The second-order valence-corrected chi connectivity index (χ2v) is 4.80. The van der Waals surface area contributed by atoms with Gasteiger partial charge >= 0.3 is 0 Å². The molecular formula is C13H29NO2. The van der Waals surface area contributed by atoms with Crippen LogP contribution < -0.4 is 5.32 Å². The van der Waals surface area contributed by atoms with Crippen LogP contribution in [0.5, 0.6) is 0 Å². The second-order valence-electron chi connectivity index (χ2n) is 4.80. The molecule has 3 heteroatoms. The maximum Gasteiger partial charge on any atom is 0.0699 e. The Bertz CT molecular complexity index is 160. The number of hydrogen-bond donors (Lipinski definition) is 1. The summed E-state index contributed by atoms with van der Waals surface area (Å²) in [6.07, 6.45) is 3.58. The SMILES string of the molecule is CCCC(CNCC)OCCC(C)(C)OC. The maximum atomic E-state index is 5.88. The highest BCUT2D eigenvalue weighted by molar-refractivity contribution is 4.68. The minimum Gasteiger partial charge on any atom is -0.379 e. The van der Waals surface area contributed by atoms with Gasteiger partial charge < -0.3 is 14.8 Å². The van der Waals surface area contributed by atoms with Crippen molar-refractivity contribution in [2.45, 2.75) is 58.7 Å². The van der Waals surface area contributed by atoms with Crippen molar-refractivity contribution in [1.82, 2.24) is 5.32 Å². The van der Waals surface area contributed by atoms with Crippen LogP contribution in [-0.2, 0) is 9.47 Å². The number of ether oxygens (including phenoxy) is 2. The quantitative estimate of drug-likeness (QED) is 0.627. The predicted molar refractivity (Wildman–Crippen MR) is 68.9 cm³/mol. The van der Waals surface area contributed by atoms with Gasteiger partial charge in [0.1, 0.15) is 0 Å². The van der Waals surface area contributed by atoms with Gasteiger partial charge in [-0.3, -0.25) is 0 Å². The molecule has 0 aromatic heterocycles. The minimum atomic E-state index is -0.0745. The zero-order valence-corrected chi connectivity index (χ0v) is 11.6. The molecule has 0 aromatic rings. The Hall–Kier alpha value is -0.120. The summed E-state index contributed by atoms with van der Waals surface area (Å²) in [6, 6.07) is 0. The lowest BCUT2D eigenvalue weighted by Gasteiger charge is -2.24. The van der Waals surface area contributed by atoms with E-state index in [1.54, 1.807) is 7.11 Å². The van der Waals surface area contributed by atoms with Gasteiger partial charge in [0.05, 0.1) is 11.7 Å². The highest BCUT2D eigenvalue weighted by Crippen LogP contribution is 2.13. The van der Waals surface area contributed by atoms with Crippen molar-refractivity contribution >= 4 is 0 Å². The fourth-order valence-corrected chi connectivity index (χ4v) is 1.45. The second kappa shape index (κ2) is 8.97. The molecule has 0 heterocycles. The standard InChI is InChI=1S/C13H29NO2/c1-6-8-12(11-14-7-2)16-10-9-13(3,4)15-5/h12,14H,6-11H2,1-5H3. The molecular weight excluding hydrogens is 202 g/mol. The molecule has 0 aliphatic heterocycles. The molecule has 3 nitrogen and oxygen atoms in total. The number of likely N-dealkylation sites (N-methyl/N-ethyl adjacent to an activating group) is 1. The van der Waals surface area contributed by atoms with E-state index in [1.807, 2.05) is 0 Å². The molecule has 0 spiro atoms. The van der Waals surface area contributed by atoms with E-state index in [9.17, 15) is 0 Å². The lowest BCUT2D eigenvalue weighted by atomic mass is 10.1. The van der Waals surface area contributed by atoms with Gasteiger partial charge in [-0.2, -0.15) is 0 Å². The van der Waals surface area contributed by atoms with E-state index in [-0.39, 0.29) is 5.60 Å². The van der Waals surface area contributed by atoms with Crippen LogP contribution in [0.1, 0.15) is 47.0 Å². The highest BCUT2D eigenvalue weighted by Gasteiger charge is 2.17. The zero-order valence-electron chi connectivity index (χ0n) is 11.6. The van der Waals surface area contributed by atoms with Crippen LogP contribution in [0.25, 0.3) is 0 Å². The average molecular weight is 231 g/mol. The summed E-state index contributed by atoms with van der Waals surface area (Å²) in [5, 5.41) is 3.34. The van der Waals surface area contributed by atoms with E-state index in [0.29, 0.717) is 6.10 Å². The third-order valence-corrected chi connectivity index (χ3v) is 2.84. The van der Waals surface area contributed by atoms with Crippen LogP contribution in [0, 0.1) is 0 Å². The Morgan fingerprint density at radius 1 is 1.25 bits per heavy atom. The molecule has 0 radical (unpaired) electrons. The molecule has 0 aliphatic rings. The van der Waals surface area contributed by atoms with E-state index in [4.69, 9.17) is 9.47 Å². The van der Waals surface area contributed by atoms with Crippen LogP contribution >= 0.6 is 0 Å². The molecule has 0 bridgehead atoms. The highest BCUT2D eigenvalue weighted by atomic mass is 16.5. The molecule has 1 N–H and O–H groups in total. The van der Waals surface area contributed by atoms with Crippen molar-refractivity contribution in [3.05, 3.63) is 0 Å². The summed E-state index contributed by atoms with van der Waals surface area (Å²) >= 11 is 0. The number of nitrogens with one attached hydrogen (secondary N) is 1. The third kappa shape index (κ3) is 8.08. The molecule has 0 aliphatic carbocycles. The Balaban J connectivity index is 3.74. The molecule has 16 heavy (non-hydrogen) atoms. The van der Waals surface area contributed by atoms with Crippen molar-refractivity contribution in [1.29, 1.82) is 0 Å². The number of hydrogen-bond acceptors (Lipinski definition) is 3. The molecule has 0 saturated heterocycles. The number of methoxy groups -OCH3 is 1. The first-order valence-corrected chi connectivity index (χ1v) is 6.43. The van der Waals surface area contributed by atoms with Crippen LogP contribution in [-0.4, -0.2) is 38.5 Å². The van der Waals surface area contributed by atoms with Crippen molar-refractivity contribution < 1.29 is 9.47 Å². The van der Waals surface area contributed by atoms with Gasteiger partial charge in [-0.1, -0.05) is 20.3 Å². The van der Waals surface area contributed by atoms with Gasteiger partial charge in [0.15, 0.2) is 0 Å². The number of rotatable bonds is 10. The summed E-state index contributed by atoms with van der Waals surface area (Å²) in [4.78, 5) is 0. The maximum absolute atomic E-state index is 5.88. The molecule has 1 unspecified atom stereocenters. The summed E-state index contributed by atoms with van der Waals surface area (Å²) in [6.45, 7) is 11.2. The molecule has 0 fully saturated rings. The van der Waals surface area contributed by atoms with Crippen molar-refractivity contribution in [3.8, 4) is 0 Å². The molecule has 0 saturated carbocycles. The van der Waals surface area contributed by atoms with Crippen LogP contribution in [0.15, 0.2) is 0 Å². The molecule has 0 aromatic carbocycles. The Kier molecular flexibility index (Phi) is 8.90. The topological polar surface area (TPSA) is 30.5 Å². The Morgan fingerprint density at radius 2 is 1.94 bits per heavy atom. The van der Waals surface area contributed by atoms with Crippen molar-refractivity contribution in [2.24, 2.45) is 0 Å². The van der Waals surface area contributed by atoms with Gasteiger partial charge in [0, 0.05) is 20.3 Å². The Morgan fingerprint density at radius 3 is 2.44 bits per heavy atom. The molecule has 0 amide bonds. The van der Waals surface area contributed by atoms with Gasteiger partial charge in [-0.05, 0) is 33.2 Å². The monoisotopic (exact) mass is 231 g/mol. The van der Waals surface area contributed by atoms with E-state index in [0.717, 1.165) is 32.5 Å². The lowest BCUT2D eigenvalue weighted by Crippen LogP contribution is -2.31.